The second-order valence-corrected chi connectivity index (χ2v) is 10.3. The first-order valence-electron chi connectivity index (χ1n) is 8.95. The maximum atomic E-state index is 13.5. The van der Waals surface area contributed by atoms with Gasteiger partial charge in [-0.1, -0.05) is 50.1 Å². The van der Waals surface area contributed by atoms with Crippen LogP contribution in [-0.2, 0) is 9.84 Å². The molecule has 0 amide bonds. The first kappa shape index (κ1) is 20.8. The third-order valence-corrected chi connectivity index (χ3v) is 7.48. The molecule has 0 saturated heterocycles. The van der Waals surface area contributed by atoms with Crippen molar-refractivity contribution < 1.29 is 13.2 Å². The molecule has 0 saturated carbocycles. The number of para-hydroxylation sites is 1. The number of fused-ring (bicyclic) bond motifs is 1. The molecular weight excluding hydrogens is 530 g/mol. The molecule has 0 aliphatic rings. The quantitative estimate of drug-likeness (QED) is 0.234. The Bertz CT molecular complexity index is 1370. The highest BCUT2D eigenvalue weighted by molar-refractivity contribution is 9.10. The third kappa shape index (κ3) is 4.05. The zero-order chi connectivity index (χ0) is 21.3. The summed E-state index contributed by atoms with van der Waals surface area (Å²) < 4.78 is 28.5. The summed E-state index contributed by atoms with van der Waals surface area (Å²) in [4.78, 5) is 16.2. The largest absolute Gasteiger partial charge is 0.361 e. The molecule has 3 aromatic carbocycles. The van der Waals surface area contributed by atoms with E-state index >= 15 is 0 Å². The minimum absolute atomic E-state index is 0.0576. The number of hydrogen-bond donors (Lipinski definition) is 1. The number of nitrogens with one attached hydrogen (secondary N) is 1. The Morgan fingerprint density at radius 3 is 2.10 bits per heavy atom. The van der Waals surface area contributed by atoms with Crippen LogP contribution in [0.25, 0.3) is 17.0 Å². The first-order chi connectivity index (χ1) is 14.4. The number of aromatic amines is 1. The van der Waals surface area contributed by atoms with Crippen molar-refractivity contribution in [3.8, 4) is 0 Å². The van der Waals surface area contributed by atoms with Gasteiger partial charge in [-0.2, -0.15) is 0 Å². The Balaban J connectivity index is 1.91. The monoisotopic (exact) mass is 543 g/mol. The summed E-state index contributed by atoms with van der Waals surface area (Å²) in [6, 6.07) is 20.4. The van der Waals surface area contributed by atoms with Gasteiger partial charge >= 0.3 is 0 Å². The average Bonchev–Trinajstić information content (AvgIpc) is 3.15. The van der Waals surface area contributed by atoms with Gasteiger partial charge < -0.3 is 4.98 Å². The molecule has 7 heteroatoms. The molecule has 1 N–H and O–H groups in total. The van der Waals surface area contributed by atoms with Gasteiger partial charge in [0.25, 0.3) is 0 Å². The van der Waals surface area contributed by atoms with Gasteiger partial charge in [0.15, 0.2) is 0 Å². The van der Waals surface area contributed by atoms with E-state index < -0.39 is 15.6 Å². The summed E-state index contributed by atoms with van der Waals surface area (Å²) in [5.74, 6) is -0.560. The zero-order valence-corrected chi connectivity index (χ0v) is 19.5. The highest BCUT2D eigenvalue weighted by Gasteiger charge is 2.28. The number of aromatic nitrogens is 1. The van der Waals surface area contributed by atoms with Crippen molar-refractivity contribution in [2.45, 2.75) is 4.90 Å². The van der Waals surface area contributed by atoms with Crippen molar-refractivity contribution in [3.05, 3.63) is 104 Å². The maximum absolute atomic E-state index is 13.5. The SMILES string of the molecule is O=C(/C(=C\c1c[nH]c2ccccc12)S(=O)(=O)c1ccc(Br)cc1)c1ccc(Br)cc1. The number of Topliss-reactive ketones (excluding diaryl/α,β-unsaturated/α-hetero) is 1. The van der Waals surface area contributed by atoms with E-state index in [2.05, 4.69) is 36.8 Å². The molecule has 30 heavy (non-hydrogen) atoms. The van der Waals surface area contributed by atoms with Crippen LogP contribution in [0.2, 0.25) is 0 Å². The molecule has 0 atom stereocenters. The molecule has 4 rings (SSSR count). The van der Waals surface area contributed by atoms with Gasteiger partial charge in [0.1, 0.15) is 4.91 Å². The Hall–Kier alpha value is -2.48. The van der Waals surface area contributed by atoms with E-state index in [1.165, 1.54) is 18.2 Å². The Labute approximate surface area is 190 Å². The van der Waals surface area contributed by atoms with E-state index in [0.29, 0.717) is 11.1 Å². The summed E-state index contributed by atoms with van der Waals surface area (Å²) in [5.41, 5.74) is 1.79. The lowest BCUT2D eigenvalue weighted by atomic mass is 10.1. The van der Waals surface area contributed by atoms with E-state index in [-0.39, 0.29) is 9.80 Å². The number of benzene rings is 3. The summed E-state index contributed by atoms with van der Waals surface area (Å²) in [7, 11) is -4.05. The zero-order valence-electron chi connectivity index (χ0n) is 15.5. The molecule has 150 valence electrons. The molecule has 4 aromatic rings. The average molecular weight is 545 g/mol. The summed E-state index contributed by atoms with van der Waals surface area (Å²) >= 11 is 6.65. The second-order valence-electron chi connectivity index (χ2n) is 6.59. The van der Waals surface area contributed by atoms with Crippen molar-refractivity contribution in [2.24, 2.45) is 0 Å². The summed E-state index contributed by atoms with van der Waals surface area (Å²) in [6.45, 7) is 0. The number of allylic oxidation sites excluding steroid dienone is 1. The molecule has 1 heterocycles. The number of hydrogen-bond acceptors (Lipinski definition) is 3. The Morgan fingerprint density at radius 1 is 0.833 bits per heavy atom. The fourth-order valence-electron chi connectivity index (χ4n) is 3.10. The summed E-state index contributed by atoms with van der Waals surface area (Å²) in [6.07, 6.45) is 3.15. The number of halogens is 2. The predicted octanol–water partition coefficient (Wildman–Crippen LogP) is 6.39. The van der Waals surface area contributed by atoms with Gasteiger partial charge in [-0.3, -0.25) is 4.79 Å². The van der Waals surface area contributed by atoms with Crippen LogP contribution in [0.3, 0.4) is 0 Å². The first-order valence-corrected chi connectivity index (χ1v) is 12.0. The molecule has 0 fully saturated rings. The van der Waals surface area contributed by atoms with Crippen molar-refractivity contribution in [2.75, 3.05) is 0 Å². The van der Waals surface area contributed by atoms with Gasteiger partial charge in [-0.05, 0) is 60.7 Å². The molecular formula is C23H15Br2NO3S. The number of sulfone groups is 1. The van der Waals surface area contributed by atoms with Crippen molar-refractivity contribution in [3.63, 3.8) is 0 Å². The number of carbonyl (C=O) groups excluding carboxylic acids is 1. The van der Waals surface area contributed by atoms with E-state index in [1.807, 2.05) is 24.3 Å². The molecule has 4 nitrogen and oxygen atoms in total. The van der Waals surface area contributed by atoms with E-state index in [0.717, 1.165) is 19.8 Å². The predicted molar refractivity (Wildman–Crippen MR) is 126 cm³/mol. The minimum atomic E-state index is -4.05. The standard InChI is InChI=1S/C23H15Br2NO3S/c24-17-7-5-15(6-8-17)23(27)22(30(28,29)19-11-9-18(25)10-12-19)13-16-14-26-21-4-2-1-3-20(16)21/h1-14,26H/b22-13+. The van der Waals surface area contributed by atoms with Gasteiger partial charge in [-0.25, -0.2) is 8.42 Å². The smallest absolute Gasteiger partial charge is 0.210 e. The van der Waals surface area contributed by atoms with Crippen LogP contribution < -0.4 is 0 Å². The topological polar surface area (TPSA) is 67.0 Å². The van der Waals surface area contributed by atoms with Crippen LogP contribution in [0.1, 0.15) is 15.9 Å². The highest BCUT2D eigenvalue weighted by Crippen LogP contribution is 2.29. The lowest BCUT2D eigenvalue weighted by Crippen LogP contribution is -2.14. The lowest BCUT2D eigenvalue weighted by molar-refractivity contribution is 0.104. The van der Waals surface area contributed by atoms with E-state index in [9.17, 15) is 13.2 Å². The molecule has 0 bridgehead atoms. The van der Waals surface area contributed by atoms with E-state index in [1.54, 1.807) is 42.6 Å². The van der Waals surface area contributed by atoms with Crippen LogP contribution in [0, 0.1) is 0 Å². The Morgan fingerprint density at radius 2 is 1.43 bits per heavy atom. The van der Waals surface area contributed by atoms with Crippen LogP contribution in [0.4, 0.5) is 0 Å². The van der Waals surface area contributed by atoms with Crippen molar-refractivity contribution in [1.82, 2.24) is 4.98 Å². The number of ketones is 1. The van der Waals surface area contributed by atoms with Gasteiger partial charge in [0.05, 0.1) is 4.90 Å². The van der Waals surface area contributed by atoms with Crippen molar-refractivity contribution in [1.29, 1.82) is 0 Å². The molecule has 0 aliphatic carbocycles. The Kier molecular flexibility index (Phi) is 5.77. The van der Waals surface area contributed by atoms with Crippen LogP contribution in [-0.4, -0.2) is 19.2 Å². The highest BCUT2D eigenvalue weighted by atomic mass is 79.9. The van der Waals surface area contributed by atoms with Gasteiger partial charge in [0.2, 0.25) is 15.6 Å². The van der Waals surface area contributed by atoms with Crippen molar-refractivity contribution >= 4 is 64.5 Å². The summed E-state index contributed by atoms with van der Waals surface area (Å²) in [5, 5.41) is 0.838. The van der Waals surface area contributed by atoms with Crippen LogP contribution >= 0.6 is 31.9 Å². The van der Waals surface area contributed by atoms with Gasteiger partial charge in [0, 0.05) is 37.2 Å². The fraction of sp³-hybridized carbons (Fsp3) is 0. The molecule has 0 unspecified atom stereocenters. The normalized spacial score (nSPS) is 12.3. The fourth-order valence-corrected chi connectivity index (χ4v) is 5.03. The molecule has 0 aliphatic heterocycles. The van der Waals surface area contributed by atoms with E-state index in [4.69, 9.17) is 0 Å². The van der Waals surface area contributed by atoms with Crippen LogP contribution in [0.5, 0.6) is 0 Å². The lowest BCUT2D eigenvalue weighted by Gasteiger charge is -2.10. The number of H-pyrrole nitrogens is 1. The molecule has 0 radical (unpaired) electrons. The third-order valence-electron chi connectivity index (χ3n) is 4.65. The number of carbonyl (C=O) groups is 1. The minimum Gasteiger partial charge on any atom is -0.361 e. The van der Waals surface area contributed by atoms with Crippen LogP contribution in [0.15, 0.2) is 97.7 Å². The maximum Gasteiger partial charge on any atom is 0.210 e. The second kappa shape index (κ2) is 8.34. The molecule has 1 aromatic heterocycles. The van der Waals surface area contributed by atoms with Gasteiger partial charge in [-0.15, -0.1) is 0 Å². The molecule has 0 spiro atoms. The number of rotatable bonds is 5.